The van der Waals surface area contributed by atoms with Gasteiger partial charge in [-0.3, -0.25) is 4.79 Å². The molecule has 2 aromatic rings. The van der Waals surface area contributed by atoms with Crippen LogP contribution in [0.5, 0.6) is 0 Å². The molecule has 0 saturated carbocycles. The van der Waals surface area contributed by atoms with E-state index in [1.54, 1.807) is 0 Å². The molecule has 0 unspecified atom stereocenters. The second-order valence-electron chi connectivity index (χ2n) is 4.55. The summed E-state index contributed by atoms with van der Waals surface area (Å²) >= 11 is 1.40. The van der Waals surface area contributed by atoms with E-state index in [1.807, 2.05) is 37.3 Å². The van der Waals surface area contributed by atoms with Crippen LogP contribution in [0.3, 0.4) is 0 Å². The second kappa shape index (κ2) is 5.69. The van der Waals surface area contributed by atoms with Gasteiger partial charge < -0.3 is 15.5 Å². The van der Waals surface area contributed by atoms with Crippen LogP contribution < -0.4 is 5.32 Å². The Morgan fingerprint density at radius 1 is 1.32 bits per heavy atom. The van der Waals surface area contributed by atoms with Crippen LogP contribution in [0.25, 0.3) is 10.1 Å². The summed E-state index contributed by atoms with van der Waals surface area (Å²) in [5.74, 6) is -0.258. The van der Waals surface area contributed by atoms with Crippen molar-refractivity contribution in [2.24, 2.45) is 0 Å². The van der Waals surface area contributed by atoms with Crippen LogP contribution in [-0.4, -0.2) is 34.9 Å². The van der Waals surface area contributed by atoms with Gasteiger partial charge in [-0.1, -0.05) is 25.1 Å². The summed E-state index contributed by atoms with van der Waals surface area (Å²) in [6, 6.07) is 9.59. The lowest BCUT2D eigenvalue weighted by Gasteiger charge is -2.29. The topological polar surface area (TPSA) is 69.6 Å². The van der Waals surface area contributed by atoms with Crippen molar-refractivity contribution >= 4 is 27.3 Å². The van der Waals surface area contributed by atoms with Crippen LogP contribution in [-0.2, 0) is 0 Å². The number of rotatable bonds is 5. The molecular weight excluding hydrogens is 262 g/mol. The average Bonchev–Trinajstić information content (AvgIpc) is 2.89. The Morgan fingerprint density at radius 3 is 2.58 bits per heavy atom. The van der Waals surface area contributed by atoms with Crippen molar-refractivity contribution in [3.8, 4) is 0 Å². The molecule has 0 spiro atoms. The highest BCUT2D eigenvalue weighted by atomic mass is 32.1. The Balaban J connectivity index is 2.24. The molecule has 0 aliphatic rings. The van der Waals surface area contributed by atoms with E-state index in [9.17, 15) is 15.0 Å². The maximum atomic E-state index is 12.2. The fourth-order valence-corrected chi connectivity index (χ4v) is 2.80. The molecule has 1 aromatic heterocycles. The number of nitrogens with one attached hydrogen (secondary N) is 1. The smallest absolute Gasteiger partial charge is 0.261 e. The van der Waals surface area contributed by atoms with Crippen LogP contribution >= 0.6 is 11.3 Å². The van der Waals surface area contributed by atoms with Gasteiger partial charge in [-0.15, -0.1) is 11.3 Å². The first kappa shape index (κ1) is 14.0. The number of hydrogen-bond acceptors (Lipinski definition) is 4. The predicted molar refractivity (Wildman–Crippen MR) is 76.5 cm³/mol. The van der Waals surface area contributed by atoms with Crippen molar-refractivity contribution in [2.45, 2.75) is 18.9 Å². The van der Waals surface area contributed by atoms with Gasteiger partial charge in [-0.25, -0.2) is 0 Å². The first-order chi connectivity index (χ1) is 9.14. The normalized spacial score (nSPS) is 11.7. The molecule has 1 aromatic carbocycles. The number of carbonyl (C=O) groups excluding carboxylic acids is 1. The standard InChI is InChI=1S/C14H17NO3S/c1-2-14(8-16,9-17)15-13(18)12-7-10-5-3-4-6-11(10)19-12/h3-7,16-17H,2,8-9H2,1H3,(H,15,18). The van der Waals surface area contributed by atoms with Gasteiger partial charge in [0.1, 0.15) is 0 Å². The SMILES string of the molecule is CCC(CO)(CO)NC(=O)c1cc2ccccc2s1. The van der Waals surface area contributed by atoms with E-state index in [2.05, 4.69) is 5.32 Å². The van der Waals surface area contributed by atoms with Gasteiger partial charge in [0.25, 0.3) is 5.91 Å². The van der Waals surface area contributed by atoms with Crippen LogP contribution in [0.2, 0.25) is 0 Å². The first-order valence-electron chi connectivity index (χ1n) is 6.17. The van der Waals surface area contributed by atoms with Crippen molar-refractivity contribution in [1.29, 1.82) is 0 Å². The summed E-state index contributed by atoms with van der Waals surface area (Å²) in [6.45, 7) is 1.25. The molecule has 19 heavy (non-hydrogen) atoms. The van der Waals surface area contributed by atoms with Gasteiger partial charge in [0.05, 0.1) is 23.6 Å². The summed E-state index contributed by atoms with van der Waals surface area (Å²) in [5.41, 5.74) is -0.951. The molecule has 1 amide bonds. The molecule has 102 valence electrons. The Bertz CT molecular complexity index is 534. The quantitative estimate of drug-likeness (QED) is 0.781. The summed E-state index contributed by atoms with van der Waals surface area (Å²) in [4.78, 5) is 12.8. The number of aliphatic hydroxyl groups is 2. The highest BCUT2D eigenvalue weighted by Crippen LogP contribution is 2.25. The number of hydrogen-bond donors (Lipinski definition) is 3. The number of carbonyl (C=O) groups is 1. The molecule has 0 aliphatic carbocycles. The van der Waals surface area contributed by atoms with Crippen molar-refractivity contribution in [3.63, 3.8) is 0 Å². The van der Waals surface area contributed by atoms with Gasteiger partial charge in [0.15, 0.2) is 0 Å². The molecule has 4 nitrogen and oxygen atoms in total. The number of fused-ring (bicyclic) bond motifs is 1. The molecule has 0 saturated heterocycles. The Kier molecular flexibility index (Phi) is 4.19. The molecule has 0 radical (unpaired) electrons. The Hall–Kier alpha value is -1.43. The molecule has 0 aliphatic heterocycles. The lowest BCUT2D eigenvalue weighted by Crippen LogP contribution is -2.53. The minimum atomic E-state index is -0.951. The number of amides is 1. The van der Waals surface area contributed by atoms with Crippen molar-refractivity contribution in [3.05, 3.63) is 35.2 Å². The molecule has 0 fully saturated rings. The molecule has 0 atom stereocenters. The number of aliphatic hydroxyl groups excluding tert-OH is 2. The van der Waals surface area contributed by atoms with E-state index in [1.165, 1.54) is 11.3 Å². The third-order valence-corrected chi connectivity index (χ3v) is 4.42. The molecular formula is C14H17NO3S. The van der Waals surface area contributed by atoms with Gasteiger partial charge in [-0.05, 0) is 23.9 Å². The van der Waals surface area contributed by atoms with E-state index in [-0.39, 0.29) is 19.1 Å². The van der Waals surface area contributed by atoms with E-state index in [4.69, 9.17) is 0 Å². The zero-order chi connectivity index (χ0) is 13.9. The molecule has 3 N–H and O–H groups in total. The third-order valence-electron chi connectivity index (χ3n) is 3.31. The van der Waals surface area contributed by atoms with E-state index >= 15 is 0 Å². The van der Waals surface area contributed by atoms with Crippen LogP contribution in [0.4, 0.5) is 0 Å². The van der Waals surface area contributed by atoms with Crippen molar-refractivity contribution < 1.29 is 15.0 Å². The molecule has 2 rings (SSSR count). The third kappa shape index (κ3) is 2.78. The van der Waals surface area contributed by atoms with E-state index in [0.29, 0.717) is 11.3 Å². The summed E-state index contributed by atoms with van der Waals surface area (Å²) in [6.07, 6.45) is 0.469. The molecule has 1 heterocycles. The minimum absolute atomic E-state index is 0.258. The molecule has 5 heteroatoms. The summed E-state index contributed by atoms with van der Waals surface area (Å²) in [5, 5.41) is 22.4. The van der Waals surface area contributed by atoms with Gasteiger partial charge >= 0.3 is 0 Å². The van der Waals surface area contributed by atoms with Crippen LogP contribution in [0.15, 0.2) is 30.3 Å². The maximum absolute atomic E-state index is 12.2. The number of thiophene rings is 1. The van der Waals surface area contributed by atoms with E-state index in [0.717, 1.165) is 10.1 Å². The number of benzene rings is 1. The van der Waals surface area contributed by atoms with Crippen molar-refractivity contribution in [1.82, 2.24) is 5.32 Å². The highest BCUT2D eigenvalue weighted by Gasteiger charge is 2.29. The summed E-state index contributed by atoms with van der Waals surface area (Å²) < 4.78 is 1.04. The lowest BCUT2D eigenvalue weighted by molar-refractivity contribution is 0.0656. The lowest BCUT2D eigenvalue weighted by atomic mass is 9.98. The fraction of sp³-hybridized carbons (Fsp3) is 0.357. The highest BCUT2D eigenvalue weighted by molar-refractivity contribution is 7.20. The summed E-state index contributed by atoms with van der Waals surface area (Å²) in [7, 11) is 0. The zero-order valence-corrected chi connectivity index (χ0v) is 11.5. The predicted octanol–water partition coefficient (Wildman–Crippen LogP) is 1.76. The van der Waals surface area contributed by atoms with Gasteiger partial charge in [-0.2, -0.15) is 0 Å². The first-order valence-corrected chi connectivity index (χ1v) is 6.98. The fourth-order valence-electron chi connectivity index (χ4n) is 1.84. The average molecular weight is 279 g/mol. The Labute approximate surface area is 115 Å². The van der Waals surface area contributed by atoms with E-state index < -0.39 is 5.54 Å². The van der Waals surface area contributed by atoms with Crippen molar-refractivity contribution in [2.75, 3.05) is 13.2 Å². The van der Waals surface area contributed by atoms with Gasteiger partial charge in [0.2, 0.25) is 0 Å². The maximum Gasteiger partial charge on any atom is 0.261 e. The van der Waals surface area contributed by atoms with Gasteiger partial charge in [0, 0.05) is 4.70 Å². The minimum Gasteiger partial charge on any atom is -0.394 e. The van der Waals surface area contributed by atoms with Crippen LogP contribution in [0.1, 0.15) is 23.0 Å². The molecule has 0 bridgehead atoms. The second-order valence-corrected chi connectivity index (χ2v) is 5.64. The zero-order valence-electron chi connectivity index (χ0n) is 10.7. The largest absolute Gasteiger partial charge is 0.394 e. The Morgan fingerprint density at radius 2 is 2.00 bits per heavy atom. The monoisotopic (exact) mass is 279 g/mol. The van der Waals surface area contributed by atoms with Crippen LogP contribution in [0, 0.1) is 0 Å².